The summed E-state index contributed by atoms with van der Waals surface area (Å²) in [5.41, 5.74) is 11.7. The molecule has 0 spiro atoms. The van der Waals surface area contributed by atoms with Crippen LogP contribution >= 0.6 is 0 Å². The Kier molecular flexibility index (Phi) is 7.53. The van der Waals surface area contributed by atoms with Crippen LogP contribution in [0, 0.1) is 0 Å². The van der Waals surface area contributed by atoms with Gasteiger partial charge in [-0.1, -0.05) is 146 Å². The molecule has 2 nitrogen and oxygen atoms in total. The third-order valence-electron chi connectivity index (χ3n) is 11.3. The van der Waals surface area contributed by atoms with Crippen LogP contribution in [0.3, 0.4) is 0 Å². The Morgan fingerprint density at radius 2 is 0.786 bits per heavy atom. The van der Waals surface area contributed by atoms with Crippen molar-refractivity contribution in [1.29, 1.82) is 0 Å². The average Bonchev–Trinajstić information content (AvgIpc) is 3.59. The van der Waals surface area contributed by atoms with E-state index in [1.54, 1.807) is 0 Å². The molecule has 0 aliphatic carbocycles. The number of anilines is 3. The number of fused-ring (bicyclic) bond motifs is 6. The summed E-state index contributed by atoms with van der Waals surface area (Å²) in [6.45, 7) is 0. The van der Waals surface area contributed by atoms with E-state index in [-0.39, 0.29) is 0 Å². The van der Waals surface area contributed by atoms with Gasteiger partial charge in [0.15, 0.2) is 0 Å². The minimum Gasteiger partial charge on any atom is -0.310 e. The van der Waals surface area contributed by atoms with Crippen LogP contribution in [0.2, 0.25) is 0 Å². The zero-order valence-corrected chi connectivity index (χ0v) is 30.7. The number of hydrogen-bond acceptors (Lipinski definition) is 1. The minimum absolute atomic E-state index is 1.11. The highest BCUT2D eigenvalue weighted by Crippen LogP contribution is 2.39. The Balaban J connectivity index is 0.982. The van der Waals surface area contributed by atoms with Crippen molar-refractivity contribution in [3.63, 3.8) is 0 Å². The van der Waals surface area contributed by atoms with Gasteiger partial charge in [0.1, 0.15) is 0 Å². The Labute approximate surface area is 325 Å². The van der Waals surface area contributed by atoms with Gasteiger partial charge in [0, 0.05) is 33.5 Å². The molecule has 0 atom stereocenters. The highest BCUT2D eigenvalue weighted by molar-refractivity contribution is 6.13. The topological polar surface area (TPSA) is 8.17 Å². The van der Waals surface area contributed by atoms with E-state index in [0.717, 1.165) is 22.7 Å². The maximum atomic E-state index is 2.42. The fourth-order valence-electron chi connectivity index (χ4n) is 8.49. The molecule has 1 heterocycles. The van der Waals surface area contributed by atoms with Gasteiger partial charge in [0.2, 0.25) is 0 Å². The van der Waals surface area contributed by atoms with Crippen molar-refractivity contribution in [3.8, 4) is 27.9 Å². The van der Waals surface area contributed by atoms with Gasteiger partial charge in [-0.2, -0.15) is 0 Å². The molecular formula is C54H36N2. The van der Waals surface area contributed by atoms with Crippen LogP contribution in [-0.2, 0) is 0 Å². The molecule has 1 aromatic heterocycles. The standard InChI is InChI=1S/C54H36N2/c1-2-10-37(11-3-1)39-20-26-47(27-21-39)55(49-30-24-38-12-4-5-13-42(38)33-49)48-28-22-40(23-29-48)45-19-18-41-25-31-50(34-46(41)32-45)56-53-17-9-8-16-51(53)52-35-43-14-6-7-15-44(43)36-54(52)56/h1-36H. The molecule has 11 rings (SSSR count). The normalized spacial score (nSPS) is 11.6. The van der Waals surface area contributed by atoms with Crippen molar-refractivity contribution in [3.05, 3.63) is 218 Å². The van der Waals surface area contributed by atoms with Crippen LogP contribution in [0.1, 0.15) is 0 Å². The molecule has 0 bridgehead atoms. The van der Waals surface area contributed by atoms with Gasteiger partial charge in [-0.15, -0.1) is 0 Å². The van der Waals surface area contributed by atoms with Crippen LogP contribution in [0.4, 0.5) is 17.1 Å². The molecule has 0 N–H and O–H groups in total. The molecular weight excluding hydrogens is 677 g/mol. The van der Waals surface area contributed by atoms with Crippen molar-refractivity contribution in [2.24, 2.45) is 0 Å². The van der Waals surface area contributed by atoms with E-state index in [2.05, 4.69) is 228 Å². The molecule has 0 unspecified atom stereocenters. The minimum atomic E-state index is 1.11. The lowest BCUT2D eigenvalue weighted by molar-refractivity contribution is 1.19. The molecule has 11 aromatic rings. The van der Waals surface area contributed by atoms with E-state index in [4.69, 9.17) is 0 Å². The Hall–Kier alpha value is -7.42. The summed E-state index contributed by atoms with van der Waals surface area (Å²) in [5, 5.41) is 9.95. The Morgan fingerprint density at radius 3 is 1.54 bits per heavy atom. The van der Waals surface area contributed by atoms with E-state index in [9.17, 15) is 0 Å². The van der Waals surface area contributed by atoms with Crippen molar-refractivity contribution >= 4 is 71.2 Å². The largest absolute Gasteiger partial charge is 0.310 e. The molecule has 0 fully saturated rings. The summed E-state index contributed by atoms with van der Waals surface area (Å²) in [5.74, 6) is 0. The first-order valence-corrected chi connectivity index (χ1v) is 19.2. The van der Waals surface area contributed by atoms with Crippen LogP contribution < -0.4 is 4.90 Å². The highest BCUT2D eigenvalue weighted by atomic mass is 15.1. The number of aromatic nitrogens is 1. The van der Waals surface area contributed by atoms with E-state index < -0.39 is 0 Å². The number of para-hydroxylation sites is 1. The summed E-state index contributed by atoms with van der Waals surface area (Å²) in [6.07, 6.45) is 0. The van der Waals surface area contributed by atoms with Crippen LogP contribution in [0.15, 0.2) is 218 Å². The van der Waals surface area contributed by atoms with E-state index in [1.165, 1.54) is 76.4 Å². The van der Waals surface area contributed by atoms with E-state index >= 15 is 0 Å². The maximum Gasteiger partial charge on any atom is 0.0547 e. The van der Waals surface area contributed by atoms with Crippen molar-refractivity contribution < 1.29 is 0 Å². The molecule has 0 amide bonds. The van der Waals surface area contributed by atoms with E-state index in [1.807, 2.05) is 0 Å². The lowest BCUT2D eigenvalue weighted by Crippen LogP contribution is -2.09. The molecule has 0 saturated carbocycles. The number of benzene rings is 10. The number of nitrogens with zero attached hydrogens (tertiary/aromatic N) is 2. The summed E-state index contributed by atoms with van der Waals surface area (Å²) >= 11 is 0. The van der Waals surface area contributed by atoms with Gasteiger partial charge in [0.05, 0.1) is 11.0 Å². The molecule has 2 heteroatoms. The summed E-state index contributed by atoms with van der Waals surface area (Å²) in [4.78, 5) is 2.35. The van der Waals surface area contributed by atoms with Crippen molar-refractivity contribution in [2.45, 2.75) is 0 Å². The van der Waals surface area contributed by atoms with Gasteiger partial charge >= 0.3 is 0 Å². The zero-order chi connectivity index (χ0) is 37.0. The van der Waals surface area contributed by atoms with Gasteiger partial charge in [-0.25, -0.2) is 0 Å². The maximum absolute atomic E-state index is 2.42. The summed E-state index contributed by atoms with van der Waals surface area (Å²) < 4.78 is 2.42. The lowest BCUT2D eigenvalue weighted by atomic mass is 10.00. The Morgan fingerprint density at radius 1 is 0.268 bits per heavy atom. The fraction of sp³-hybridized carbons (Fsp3) is 0. The Bertz CT molecular complexity index is 3230. The van der Waals surface area contributed by atoms with Crippen molar-refractivity contribution in [1.82, 2.24) is 4.57 Å². The molecule has 0 aliphatic rings. The quantitative estimate of drug-likeness (QED) is 0.167. The lowest BCUT2D eigenvalue weighted by Gasteiger charge is -2.26. The second-order valence-electron chi connectivity index (χ2n) is 14.6. The predicted molar refractivity (Wildman–Crippen MR) is 239 cm³/mol. The van der Waals surface area contributed by atoms with Crippen molar-refractivity contribution in [2.75, 3.05) is 4.90 Å². The molecule has 0 saturated heterocycles. The van der Waals surface area contributed by atoms with Gasteiger partial charge in [-0.3, -0.25) is 0 Å². The second-order valence-corrected chi connectivity index (χ2v) is 14.6. The SMILES string of the molecule is c1ccc(-c2ccc(N(c3ccc(-c4ccc5ccc(-n6c7ccccc7c7cc8ccccc8cc76)cc5c4)cc3)c3ccc4ccccc4c3)cc2)cc1. The molecule has 10 aromatic carbocycles. The average molecular weight is 713 g/mol. The first-order valence-electron chi connectivity index (χ1n) is 19.2. The van der Waals surface area contributed by atoms with Crippen LogP contribution in [-0.4, -0.2) is 4.57 Å². The fourth-order valence-corrected chi connectivity index (χ4v) is 8.49. The highest BCUT2D eigenvalue weighted by Gasteiger charge is 2.16. The summed E-state index contributed by atoms with van der Waals surface area (Å²) in [7, 11) is 0. The smallest absolute Gasteiger partial charge is 0.0547 e. The third kappa shape index (κ3) is 5.51. The van der Waals surface area contributed by atoms with E-state index in [0.29, 0.717) is 0 Å². The first kappa shape index (κ1) is 32.0. The molecule has 0 radical (unpaired) electrons. The van der Waals surface area contributed by atoms with Crippen LogP contribution in [0.25, 0.3) is 82.1 Å². The van der Waals surface area contributed by atoms with Gasteiger partial charge < -0.3 is 9.47 Å². The monoisotopic (exact) mass is 712 g/mol. The molecule has 0 aliphatic heterocycles. The van der Waals surface area contributed by atoms with Gasteiger partial charge in [-0.05, 0) is 127 Å². The molecule has 262 valence electrons. The third-order valence-corrected chi connectivity index (χ3v) is 11.3. The first-order chi connectivity index (χ1) is 27.7. The summed E-state index contributed by atoms with van der Waals surface area (Å²) in [6, 6.07) is 79.5. The second kappa shape index (κ2) is 13.2. The zero-order valence-electron chi connectivity index (χ0n) is 30.7. The number of rotatable bonds is 6. The number of hydrogen-bond donors (Lipinski definition) is 0. The van der Waals surface area contributed by atoms with Crippen LogP contribution in [0.5, 0.6) is 0 Å². The predicted octanol–water partition coefficient (Wildman–Crippen LogP) is 15.0. The molecule has 56 heavy (non-hydrogen) atoms. The van der Waals surface area contributed by atoms with Gasteiger partial charge in [0.25, 0.3) is 0 Å².